The minimum absolute atomic E-state index is 0.123. The van der Waals surface area contributed by atoms with Crippen LogP contribution in [-0.4, -0.2) is 4.98 Å². The monoisotopic (exact) mass is 263 g/mol. The minimum atomic E-state index is -2.48. The summed E-state index contributed by atoms with van der Waals surface area (Å²) in [7, 11) is 0. The fraction of sp³-hybridized carbons (Fsp3) is 0.125. The minimum Gasteiger partial charge on any atom is -0.235 e. The number of fused-ring (bicyclic) bond motifs is 1. The van der Waals surface area contributed by atoms with Gasteiger partial charge in [0.05, 0.1) is 10.2 Å². The lowest BCUT2D eigenvalue weighted by atomic mass is 10.3. The summed E-state index contributed by atoms with van der Waals surface area (Å²) in [5, 5.41) is -0.123. The highest BCUT2D eigenvalue weighted by molar-refractivity contribution is 9.10. The van der Waals surface area contributed by atoms with Crippen LogP contribution in [0.3, 0.4) is 0 Å². The van der Waals surface area contributed by atoms with E-state index >= 15 is 0 Å². The van der Waals surface area contributed by atoms with Crippen LogP contribution in [0, 0.1) is 0 Å². The van der Waals surface area contributed by atoms with Crippen molar-refractivity contribution >= 4 is 37.5 Å². The topological polar surface area (TPSA) is 12.9 Å². The molecule has 0 saturated carbocycles. The second kappa shape index (κ2) is 3.31. The van der Waals surface area contributed by atoms with Gasteiger partial charge in [0.1, 0.15) is 0 Å². The molecule has 0 atom stereocenters. The number of alkyl halides is 2. The van der Waals surface area contributed by atoms with Crippen LogP contribution in [0.15, 0.2) is 22.7 Å². The molecule has 0 aliphatic carbocycles. The second-order valence-corrected chi connectivity index (χ2v) is 4.33. The molecule has 2 rings (SSSR count). The van der Waals surface area contributed by atoms with Crippen molar-refractivity contribution in [1.82, 2.24) is 4.98 Å². The lowest BCUT2D eigenvalue weighted by Crippen LogP contribution is -1.78. The number of nitrogens with zero attached hydrogens (tertiary/aromatic N) is 1. The van der Waals surface area contributed by atoms with Gasteiger partial charge in [0.2, 0.25) is 0 Å². The summed E-state index contributed by atoms with van der Waals surface area (Å²) in [6.45, 7) is 0. The summed E-state index contributed by atoms with van der Waals surface area (Å²) in [4.78, 5) is 3.81. The number of thiazole rings is 1. The molecule has 0 bridgehead atoms. The van der Waals surface area contributed by atoms with Gasteiger partial charge < -0.3 is 0 Å². The first kappa shape index (κ1) is 9.02. The van der Waals surface area contributed by atoms with Crippen molar-refractivity contribution in [3.8, 4) is 0 Å². The van der Waals surface area contributed by atoms with Crippen molar-refractivity contribution in [2.75, 3.05) is 0 Å². The van der Waals surface area contributed by atoms with E-state index in [9.17, 15) is 8.78 Å². The number of rotatable bonds is 1. The van der Waals surface area contributed by atoms with Gasteiger partial charge in [0.25, 0.3) is 6.43 Å². The Hall–Kier alpha value is -0.550. The van der Waals surface area contributed by atoms with Crippen molar-refractivity contribution < 1.29 is 8.78 Å². The van der Waals surface area contributed by atoms with Crippen LogP contribution in [0.4, 0.5) is 8.78 Å². The van der Waals surface area contributed by atoms with Crippen LogP contribution >= 0.6 is 27.3 Å². The molecule has 0 radical (unpaired) electrons. The smallest absolute Gasteiger partial charge is 0.235 e. The van der Waals surface area contributed by atoms with E-state index in [1.165, 1.54) is 0 Å². The normalized spacial score (nSPS) is 11.4. The number of hydrogen-bond acceptors (Lipinski definition) is 2. The third-order valence-electron chi connectivity index (χ3n) is 1.57. The van der Waals surface area contributed by atoms with Crippen molar-refractivity contribution in [2.24, 2.45) is 0 Å². The van der Waals surface area contributed by atoms with Crippen LogP contribution in [0.5, 0.6) is 0 Å². The maximum atomic E-state index is 12.3. The first-order valence-electron chi connectivity index (χ1n) is 3.51. The van der Waals surface area contributed by atoms with E-state index in [2.05, 4.69) is 20.9 Å². The zero-order valence-corrected chi connectivity index (χ0v) is 8.70. The van der Waals surface area contributed by atoms with Crippen molar-refractivity contribution in [1.29, 1.82) is 0 Å². The average molecular weight is 264 g/mol. The second-order valence-electron chi connectivity index (χ2n) is 2.44. The first-order valence-corrected chi connectivity index (χ1v) is 5.12. The fourth-order valence-corrected chi connectivity index (χ4v) is 2.45. The predicted molar refractivity (Wildman–Crippen MR) is 52.3 cm³/mol. The van der Waals surface area contributed by atoms with Crippen molar-refractivity contribution in [2.45, 2.75) is 6.43 Å². The van der Waals surface area contributed by atoms with Crippen LogP contribution < -0.4 is 0 Å². The van der Waals surface area contributed by atoms with Gasteiger partial charge in [0, 0.05) is 4.47 Å². The molecule has 1 aromatic heterocycles. The Morgan fingerprint density at radius 1 is 1.38 bits per heavy atom. The molecule has 0 saturated heterocycles. The SMILES string of the molecule is FC(F)c1nc2cccc(Br)c2s1. The molecular weight excluding hydrogens is 260 g/mol. The number of benzene rings is 1. The van der Waals surface area contributed by atoms with Gasteiger partial charge in [-0.25, -0.2) is 13.8 Å². The Morgan fingerprint density at radius 2 is 2.15 bits per heavy atom. The number of halogens is 3. The molecule has 0 aliphatic heterocycles. The number of hydrogen-bond donors (Lipinski definition) is 0. The van der Waals surface area contributed by atoms with Gasteiger partial charge in [0.15, 0.2) is 5.01 Å². The Kier molecular flexibility index (Phi) is 2.29. The third kappa shape index (κ3) is 1.58. The average Bonchev–Trinajstić information content (AvgIpc) is 2.49. The van der Waals surface area contributed by atoms with Gasteiger partial charge in [-0.05, 0) is 28.1 Å². The molecule has 0 amide bonds. The maximum Gasteiger partial charge on any atom is 0.289 e. The highest BCUT2D eigenvalue weighted by atomic mass is 79.9. The molecule has 0 spiro atoms. The van der Waals surface area contributed by atoms with Gasteiger partial charge >= 0.3 is 0 Å². The molecule has 0 unspecified atom stereocenters. The number of aromatic nitrogens is 1. The van der Waals surface area contributed by atoms with E-state index in [0.29, 0.717) is 5.52 Å². The van der Waals surface area contributed by atoms with Crippen LogP contribution in [-0.2, 0) is 0 Å². The van der Waals surface area contributed by atoms with Crippen molar-refractivity contribution in [3.05, 3.63) is 27.7 Å². The summed E-state index contributed by atoms with van der Waals surface area (Å²) in [6.07, 6.45) is -2.48. The molecule has 0 aliphatic rings. The lowest BCUT2D eigenvalue weighted by molar-refractivity contribution is 0.151. The van der Waals surface area contributed by atoms with Gasteiger partial charge in [-0.15, -0.1) is 11.3 Å². The van der Waals surface area contributed by atoms with Crippen LogP contribution in [0.1, 0.15) is 11.4 Å². The van der Waals surface area contributed by atoms with Crippen molar-refractivity contribution in [3.63, 3.8) is 0 Å². The molecule has 1 heterocycles. The zero-order valence-electron chi connectivity index (χ0n) is 6.30. The van der Waals surface area contributed by atoms with Crippen LogP contribution in [0.25, 0.3) is 10.2 Å². The molecule has 1 aromatic carbocycles. The van der Waals surface area contributed by atoms with Gasteiger partial charge in [-0.3, -0.25) is 0 Å². The molecule has 2 aromatic rings. The molecule has 68 valence electrons. The Morgan fingerprint density at radius 3 is 2.77 bits per heavy atom. The van der Waals surface area contributed by atoms with E-state index in [-0.39, 0.29) is 5.01 Å². The third-order valence-corrected chi connectivity index (χ3v) is 3.61. The Bertz CT molecular complexity index is 441. The first-order chi connectivity index (χ1) is 6.18. The highest BCUT2D eigenvalue weighted by Gasteiger charge is 2.14. The largest absolute Gasteiger partial charge is 0.289 e. The summed E-state index contributed by atoms with van der Waals surface area (Å²) >= 11 is 4.31. The molecule has 0 fully saturated rings. The molecular formula is C8H4BrF2NS. The Balaban J connectivity index is 2.68. The summed E-state index contributed by atoms with van der Waals surface area (Å²) in [5.41, 5.74) is 0.620. The van der Waals surface area contributed by atoms with E-state index < -0.39 is 6.43 Å². The predicted octanol–water partition coefficient (Wildman–Crippen LogP) is 4.00. The van der Waals surface area contributed by atoms with E-state index in [1.54, 1.807) is 12.1 Å². The van der Waals surface area contributed by atoms with E-state index in [1.807, 2.05) is 6.07 Å². The molecule has 13 heavy (non-hydrogen) atoms. The standard InChI is InChI=1S/C8H4BrF2NS/c9-4-2-1-3-5-6(4)13-8(12-5)7(10)11/h1-3,7H. The molecule has 1 nitrogen and oxygen atoms in total. The quantitative estimate of drug-likeness (QED) is 0.758. The lowest BCUT2D eigenvalue weighted by Gasteiger charge is -1.88. The maximum absolute atomic E-state index is 12.3. The van der Waals surface area contributed by atoms with E-state index in [0.717, 1.165) is 20.5 Å². The summed E-state index contributed by atoms with van der Waals surface area (Å²) < 4.78 is 26.1. The van der Waals surface area contributed by atoms with Crippen LogP contribution in [0.2, 0.25) is 0 Å². The Labute approximate surface area is 85.5 Å². The van der Waals surface area contributed by atoms with Gasteiger partial charge in [-0.2, -0.15) is 0 Å². The molecule has 5 heteroatoms. The highest BCUT2D eigenvalue weighted by Crippen LogP contribution is 2.33. The summed E-state index contributed by atoms with van der Waals surface area (Å²) in [5.74, 6) is 0. The van der Waals surface area contributed by atoms with Gasteiger partial charge in [-0.1, -0.05) is 6.07 Å². The summed E-state index contributed by atoms with van der Waals surface area (Å²) in [6, 6.07) is 5.32. The fourth-order valence-electron chi connectivity index (χ4n) is 1.03. The molecule has 0 N–H and O–H groups in total. The zero-order chi connectivity index (χ0) is 9.42. The van der Waals surface area contributed by atoms with E-state index in [4.69, 9.17) is 0 Å².